The fraction of sp³-hybridized carbons (Fsp3) is 0.710. The van der Waals surface area contributed by atoms with Crippen LogP contribution in [0.1, 0.15) is 79.1 Å². The lowest BCUT2D eigenvalue weighted by atomic mass is 9.55. The van der Waals surface area contributed by atoms with Gasteiger partial charge in [0.2, 0.25) is 5.91 Å². The van der Waals surface area contributed by atoms with Crippen molar-refractivity contribution in [3.63, 3.8) is 0 Å². The predicted octanol–water partition coefficient (Wildman–Crippen LogP) is 5.19. The predicted molar refractivity (Wildman–Crippen MR) is 139 cm³/mol. The minimum Gasteiger partial charge on any atom is -0.349 e. The average Bonchev–Trinajstić information content (AvgIpc) is 2.84. The van der Waals surface area contributed by atoms with Gasteiger partial charge in [-0.05, 0) is 43.9 Å². The Morgan fingerprint density at radius 3 is 2.60 bits per heavy atom. The van der Waals surface area contributed by atoms with Gasteiger partial charge < -0.3 is 14.4 Å². The zero-order valence-corrected chi connectivity index (χ0v) is 22.0. The molecule has 4 aliphatic rings. The third-order valence-electron chi connectivity index (χ3n) is 8.95. The zero-order chi connectivity index (χ0) is 25.3. The fourth-order valence-electron chi connectivity index (χ4n) is 6.44. The second-order valence-electron chi connectivity index (χ2n) is 12.1. The molecule has 188 valence electrons. The molecule has 0 N–H and O–H groups in total. The number of nitrogens with zero attached hydrogens (tertiary/aromatic N) is 1. The van der Waals surface area contributed by atoms with E-state index < -0.39 is 5.79 Å². The van der Waals surface area contributed by atoms with Crippen LogP contribution in [0.15, 0.2) is 11.6 Å². The molecule has 2 aliphatic heterocycles. The molecule has 1 spiro atoms. The summed E-state index contributed by atoms with van der Waals surface area (Å²) in [6.07, 6.45) is 20.8. The molecule has 1 saturated carbocycles. The minimum atomic E-state index is -0.489. The van der Waals surface area contributed by atoms with Gasteiger partial charge >= 0.3 is 0 Å². The molecule has 35 heavy (non-hydrogen) atoms. The van der Waals surface area contributed by atoms with Crippen LogP contribution < -0.4 is 0 Å². The van der Waals surface area contributed by atoms with Crippen LogP contribution in [0.25, 0.3) is 0 Å². The number of likely N-dealkylation sites (tertiary alicyclic amines) is 1. The zero-order valence-electron chi connectivity index (χ0n) is 22.0. The molecule has 2 saturated heterocycles. The van der Waals surface area contributed by atoms with Crippen LogP contribution in [0, 0.1) is 65.1 Å². The maximum absolute atomic E-state index is 12.6. The van der Waals surface area contributed by atoms with Crippen LogP contribution in [0.5, 0.6) is 0 Å². The Morgan fingerprint density at radius 1 is 1.17 bits per heavy atom. The lowest BCUT2D eigenvalue weighted by molar-refractivity contribution is -0.310. The monoisotopic (exact) mass is 475 g/mol. The van der Waals surface area contributed by atoms with E-state index in [1.54, 1.807) is 0 Å². The summed E-state index contributed by atoms with van der Waals surface area (Å²) in [5.41, 5.74) is 1.47. The van der Waals surface area contributed by atoms with E-state index in [0.29, 0.717) is 13.0 Å². The van der Waals surface area contributed by atoms with Gasteiger partial charge in [-0.1, -0.05) is 38.3 Å². The van der Waals surface area contributed by atoms with Gasteiger partial charge in [-0.2, -0.15) is 0 Å². The van der Waals surface area contributed by atoms with Crippen molar-refractivity contribution in [2.24, 2.45) is 28.6 Å². The number of amides is 1. The van der Waals surface area contributed by atoms with Crippen LogP contribution in [0.2, 0.25) is 0 Å². The average molecular weight is 476 g/mol. The third-order valence-corrected chi connectivity index (χ3v) is 8.95. The molecule has 4 rings (SSSR count). The van der Waals surface area contributed by atoms with Gasteiger partial charge in [-0.3, -0.25) is 4.79 Å². The molecule has 4 heteroatoms. The van der Waals surface area contributed by atoms with E-state index in [9.17, 15) is 4.79 Å². The quantitative estimate of drug-likeness (QED) is 0.417. The fourth-order valence-corrected chi connectivity index (χ4v) is 6.44. The maximum Gasteiger partial charge on any atom is 0.223 e. The first-order chi connectivity index (χ1) is 16.6. The van der Waals surface area contributed by atoms with E-state index in [0.717, 1.165) is 58.2 Å². The van der Waals surface area contributed by atoms with E-state index in [-0.39, 0.29) is 40.5 Å². The summed E-state index contributed by atoms with van der Waals surface area (Å²) >= 11 is 0. The molecular formula is C31H41NO3. The van der Waals surface area contributed by atoms with Crippen LogP contribution in [-0.2, 0) is 14.3 Å². The Bertz CT molecular complexity index is 989. The van der Waals surface area contributed by atoms with Crippen LogP contribution in [-0.4, -0.2) is 42.4 Å². The molecule has 0 radical (unpaired) electrons. The Hall–Kier alpha value is -2.19. The third kappa shape index (κ3) is 5.19. The Labute approximate surface area is 212 Å². The van der Waals surface area contributed by atoms with Crippen molar-refractivity contribution in [1.29, 1.82) is 0 Å². The summed E-state index contributed by atoms with van der Waals surface area (Å²) in [6, 6.07) is 0.0887. The summed E-state index contributed by atoms with van der Waals surface area (Å²) in [5.74, 6) is 12.8. The number of rotatable bonds is 3. The molecule has 3 fully saturated rings. The Balaban J connectivity index is 1.45. The highest BCUT2D eigenvalue weighted by atomic mass is 16.7. The molecule has 4 nitrogen and oxygen atoms in total. The topological polar surface area (TPSA) is 38.8 Å². The highest BCUT2D eigenvalue weighted by Gasteiger charge is 2.53. The standard InChI is InChI=1S/C31H41NO3/c1-7-23(3)27-13-11-14-28(33)32(27)19-10-9-12-26-24(8-2)15-16-25-20-31(18-17-30(25,26)6)34-21-29(4,5)22-35-31/h1-2,16,23-24,26-27H,11-15,17-22H2,3-6H3/t23-,24-,26+,27+,30+/m1/s1. The molecule has 0 aromatic carbocycles. The van der Waals surface area contributed by atoms with Crippen molar-refractivity contribution in [3.05, 3.63) is 11.6 Å². The number of carbonyl (C=O) groups is 1. The van der Waals surface area contributed by atoms with E-state index in [1.807, 2.05) is 11.8 Å². The molecule has 2 aliphatic carbocycles. The van der Waals surface area contributed by atoms with E-state index in [1.165, 1.54) is 5.57 Å². The summed E-state index contributed by atoms with van der Waals surface area (Å²) in [5, 5.41) is 0. The number of hydrogen-bond donors (Lipinski definition) is 0. The first-order valence-corrected chi connectivity index (χ1v) is 13.3. The number of hydrogen-bond acceptors (Lipinski definition) is 3. The highest BCUT2D eigenvalue weighted by molar-refractivity contribution is 5.77. The molecule has 0 aromatic rings. The molecule has 5 atom stereocenters. The van der Waals surface area contributed by atoms with Gasteiger partial charge in [-0.25, -0.2) is 0 Å². The van der Waals surface area contributed by atoms with Gasteiger partial charge in [0, 0.05) is 49.0 Å². The van der Waals surface area contributed by atoms with Gasteiger partial charge in [0.1, 0.15) is 0 Å². The Kier molecular flexibility index (Phi) is 7.44. The number of fused-ring (bicyclic) bond motifs is 1. The molecular weight excluding hydrogens is 434 g/mol. The van der Waals surface area contributed by atoms with Crippen molar-refractivity contribution in [1.82, 2.24) is 4.90 Å². The number of piperidine rings is 1. The summed E-state index contributed by atoms with van der Waals surface area (Å²) < 4.78 is 12.7. The minimum absolute atomic E-state index is 0.00361. The van der Waals surface area contributed by atoms with Crippen LogP contribution in [0.4, 0.5) is 0 Å². The lowest BCUT2D eigenvalue weighted by Gasteiger charge is -2.54. The number of carbonyl (C=O) groups excluding carboxylic acids is 1. The maximum atomic E-state index is 12.6. The number of allylic oxidation sites excluding steroid dienone is 1. The number of terminal acetylenes is 2. The van der Waals surface area contributed by atoms with E-state index in [4.69, 9.17) is 22.3 Å². The Morgan fingerprint density at radius 2 is 1.91 bits per heavy atom. The molecule has 0 bridgehead atoms. The van der Waals surface area contributed by atoms with Crippen LogP contribution >= 0.6 is 0 Å². The van der Waals surface area contributed by atoms with E-state index >= 15 is 0 Å². The summed E-state index contributed by atoms with van der Waals surface area (Å²) in [7, 11) is 0. The van der Waals surface area contributed by atoms with Gasteiger partial charge in [0.15, 0.2) is 5.79 Å². The van der Waals surface area contributed by atoms with Crippen molar-refractivity contribution in [2.75, 3.05) is 19.8 Å². The summed E-state index contributed by atoms with van der Waals surface area (Å²) in [4.78, 5) is 14.5. The second-order valence-corrected chi connectivity index (χ2v) is 12.1. The van der Waals surface area contributed by atoms with Gasteiger partial charge in [-0.15, -0.1) is 30.6 Å². The smallest absolute Gasteiger partial charge is 0.223 e. The number of ether oxygens (including phenoxy) is 2. The molecule has 1 amide bonds. The molecule has 2 heterocycles. The van der Waals surface area contributed by atoms with E-state index in [2.05, 4.69) is 50.5 Å². The van der Waals surface area contributed by atoms with Gasteiger partial charge in [0.05, 0.1) is 19.8 Å². The molecule has 0 aromatic heterocycles. The first kappa shape index (κ1) is 25.9. The van der Waals surface area contributed by atoms with Crippen LogP contribution in [0.3, 0.4) is 0 Å². The lowest BCUT2D eigenvalue weighted by Crippen LogP contribution is -2.53. The van der Waals surface area contributed by atoms with Crippen molar-refractivity contribution in [3.8, 4) is 36.5 Å². The first-order valence-electron chi connectivity index (χ1n) is 13.3. The van der Waals surface area contributed by atoms with Crippen molar-refractivity contribution in [2.45, 2.75) is 90.9 Å². The van der Waals surface area contributed by atoms with Gasteiger partial charge in [0.25, 0.3) is 0 Å². The summed E-state index contributed by atoms with van der Waals surface area (Å²) in [6.45, 7) is 10.7. The normalized spacial score (nSPS) is 34.5. The SMILES string of the molecule is C#C[C@@H](C)[C@@H]1CCCC(=O)N1CC#CC[C@H]1[C@H](C#C)CC=C2CC3(CC[C@@]21C)OCC(C)(C)CO3. The molecule has 0 unspecified atom stereocenters. The second kappa shape index (κ2) is 10.1. The largest absolute Gasteiger partial charge is 0.349 e. The van der Waals surface area contributed by atoms with Crippen molar-refractivity contribution >= 4 is 5.91 Å². The highest BCUT2D eigenvalue weighted by Crippen LogP contribution is 2.57. The van der Waals surface area contributed by atoms with Crippen molar-refractivity contribution < 1.29 is 14.3 Å².